The highest BCUT2D eigenvalue weighted by atomic mass is 16.5. The number of rotatable bonds is 6. The van der Waals surface area contributed by atoms with Crippen molar-refractivity contribution in [2.24, 2.45) is 23.0 Å². The van der Waals surface area contributed by atoms with Crippen LogP contribution >= 0.6 is 0 Å². The highest BCUT2D eigenvalue weighted by molar-refractivity contribution is 5.97. The summed E-state index contributed by atoms with van der Waals surface area (Å²) >= 11 is 0. The summed E-state index contributed by atoms with van der Waals surface area (Å²) in [4.78, 5) is 14.8. The number of nitrogens with zero attached hydrogens (tertiary/aromatic N) is 5. The summed E-state index contributed by atoms with van der Waals surface area (Å²) in [5.74, 6) is -0.538. The Balaban J connectivity index is 2.33. The van der Waals surface area contributed by atoms with E-state index in [2.05, 4.69) is 15.0 Å². The maximum Gasteiger partial charge on any atom is 0.319 e. The summed E-state index contributed by atoms with van der Waals surface area (Å²) in [6.07, 6.45) is 5.16. The molecule has 1 atom stereocenters. The van der Waals surface area contributed by atoms with Crippen LogP contribution in [0.5, 0.6) is 0 Å². The lowest BCUT2D eigenvalue weighted by Crippen LogP contribution is -2.26. The third-order valence-electron chi connectivity index (χ3n) is 3.66. The van der Waals surface area contributed by atoms with E-state index in [9.17, 15) is 5.11 Å². The fourth-order valence-electron chi connectivity index (χ4n) is 2.31. The minimum Gasteiger partial charge on any atom is -0.496 e. The first-order valence-corrected chi connectivity index (χ1v) is 7.74. The Bertz CT molecular complexity index is 686. The molecule has 0 spiro atoms. The molecule has 1 aliphatic heterocycles. The second kappa shape index (κ2) is 7.87. The van der Waals surface area contributed by atoms with Crippen LogP contribution in [0.15, 0.2) is 28.2 Å². The van der Waals surface area contributed by atoms with Gasteiger partial charge >= 0.3 is 6.02 Å². The van der Waals surface area contributed by atoms with E-state index in [1.807, 2.05) is 43.7 Å². The van der Waals surface area contributed by atoms with Crippen molar-refractivity contribution in [3.8, 4) is 0 Å². The average molecular weight is 332 g/mol. The van der Waals surface area contributed by atoms with Gasteiger partial charge in [0, 0.05) is 19.8 Å². The number of hydrogen-bond acceptors (Lipinski definition) is 6. The van der Waals surface area contributed by atoms with Gasteiger partial charge in [0.1, 0.15) is 6.61 Å². The number of nitrogens with one attached hydrogen (secondary N) is 1. The van der Waals surface area contributed by atoms with Gasteiger partial charge in [0.25, 0.3) is 0 Å². The zero-order chi connectivity index (χ0) is 17.7. The van der Waals surface area contributed by atoms with Crippen LogP contribution in [-0.2, 0) is 11.8 Å². The number of hydrogen-bond donors (Lipinski definition) is 2. The smallest absolute Gasteiger partial charge is 0.319 e. The monoisotopic (exact) mass is 332 g/mol. The lowest BCUT2D eigenvalue weighted by atomic mass is 9.96. The molecule has 2 N–H and O–H groups in total. The van der Waals surface area contributed by atoms with Gasteiger partial charge in [-0.15, -0.1) is 0 Å². The molecule has 8 heteroatoms. The van der Waals surface area contributed by atoms with E-state index in [1.54, 1.807) is 6.33 Å². The summed E-state index contributed by atoms with van der Waals surface area (Å²) in [5, 5.41) is 17.6. The number of aromatic nitrogens is 2. The third kappa shape index (κ3) is 4.29. The number of aliphatic imine (C=N–C) groups is 2. The van der Waals surface area contributed by atoms with Crippen LogP contribution in [0.4, 0.5) is 0 Å². The molecule has 1 aliphatic rings. The van der Waals surface area contributed by atoms with E-state index >= 15 is 0 Å². The molecule has 0 radical (unpaired) electrons. The normalized spacial score (nSPS) is 19.8. The number of aliphatic hydroxyl groups excluding tert-OH is 1. The van der Waals surface area contributed by atoms with Gasteiger partial charge in [-0.05, 0) is 39.2 Å². The number of imidazole rings is 1. The highest BCUT2D eigenvalue weighted by Crippen LogP contribution is 2.29. The van der Waals surface area contributed by atoms with Gasteiger partial charge in [0.2, 0.25) is 0 Å². The van der Waals surface area contributed by atoms with Crippen molar-refractivity contribution in [3.05, 3.63) is 23.9 Å². The Morgan fingerprint density at radius 3 is 2.79 bits per heavy atom. The third-order valence-corrected chi connectivity index (χ3v) is 3.66. The average Bonchev–Trinajstić information content (AvgIpc) is 2.95. The maximum atomic E-state index is 10.3. The number of aliphatic hydroxyl groups is 1. The SMILES string of the molecule is C/C(=C1/N=C(OCCN(C)C)N=C(O)C1CC=N)c1cn(C)cn1. The number of allylic oxidation sites excluding steroid dienone is 1. The zero-order valence-electron chi connectivity index (χ0n) is 14.5. The predicted octanol–water partition coefficient (Wildman–Crippen LogP) is 1.71. The first-order chi connectivity index (χ1) is 11.4. The number of likely N-dealkylation sites (N-methyl/N-ethyl adjacent to an activating group) is 1. The van der Waals surface area contributed by atoms with Gasteiger partial charge in [0.15, 0.2) is 5.90 Å². The van der Waals surface area contributed by atoms with E-state index in [0.717, 1.165) is 17.8 Å². The van der Waals surface area contributed by atoms with Crippen LogP contribution in [-0.4, -0.2) is 64.9 Å². The van der Waals surface area contributed by atoms with Gasteiger partial charge in [-0.2, -0.15) is 9.98 Å². The molecule has 0 bridgehead atoms. The number of ether oxygens (including phenoxy) is 1. The van der Waals surface area contributed by atoms with Crippen LogP contribution in [0.25, 0.3) is 5.57 Å². The molecule has 1 aromatic heterocycles. The number of amidine groups is 1. The molecule has 1 aromatic rings. The van der Waals surface area contributed by atoms with Crippen LogP contribution in [0.1, 0.15) is 19.0 Å². The Morgan fingerprint density at radius 1 is 1.46 bits per heavy atom. The lowest BCUT2D eigenvalue weighted by Gasteiger charge is -2.21. The van der Waals surface area contributed by atoms with E-state index < -0.39 is 5.92 Å². The van der Waals surface area contributed by atoms with Gasteiger partial charge in [-0.3, -0.25) is 0 Å². The van der Waals surface area contributed by atoms with Crippen molar-refractivity contribution >= 4 is 23.7 Å². The number of aryl methyl sites for hydroxylation is 1. The molecule has 2 heterocycles. The first kappa shape index (κ1) is 17.9. The topological polar surface area (TPSA) is 99.1 Å². The standard InChI is InChI=1S/C16H24N6O2/c1-11(13-9-22(4)10-18-13)14-12(5-6-17)15(23)20-16(19-14)24-8-7-21(2)3/h6,9-10,12,17H,5,7-8H2,1-4H3,(H,19,20,23)/b14-11-,17-6?. The first-order valence-electron chi connectivity index (χ1n) is 7.74. The fourth-order valence-corrected chi connectivity index (χ4v) is 2.31. The molecule has 2 rings (SSSR count). The van der Waals surface area contributed by atoms with Gasteiger partial charge in [-0.25, -0.2) is 4.98 Å². The van der Waals surface area contributed by atoms with E-state index in [-0.39, 0.29) is 11.9 Å². The molecule has 130 valence electrons. The Hall–Kier alpha value is -2.48. The fraction of sp³-hybridized carbons (Fsp3) is 0.500. The van der Waals surface area contributed by atoms with Crippen LogP contribution in [0.2, 0.25) is 0 Å². The molecular weight excluding hydrogens is 308 g/mol. The van der Waals surface area contributed by atoms with Crippen molar-refractivity contribution in [3.63, 3.8) is 0 Å². The molecule has 0 aliphatic carbocycles. The predicted molar refractivity (Wildman–Crippen MR) is 94.7 cm³/mol. The van der Waals surface area contributed by atoms with Crippen molar-refractivity contribution in [2.45, 2.75) is 13.3 Å². The van der Waals surface area contributed by atoms with Crippen LogP contribution in [0.3, 0.4) is 0 Å². The molecule has 0 amide bonds. The van der Waals surface area contributed by atoms with Gasteiger partial charge in [-0.1, -0.05) is 0 Å². The lowest BCUT2D eigenvalue weighted by molar-refractivity contribution is 0.247. The van der Waals surface area contributed by atoms with Gasteiger partial charge < -0.3 is 24.7 Å². The van der Waals surface area contributed by atoms with Crippen LogP contribution in [0, 0.1) is 11.3 Å². The molecule has 0 aromatic carbocycles. The highest BCUT2D eigenvalue weighted by Gasteiger charge is 2.28. The van der Waals surface area contributed by atoms with Gasteiger partial charge in [0.05, 0.1) is 23.6 Å². The Labute approximate surface area is 141 Å². The molecule has 24 heavy (non-hydrogen) atoms. The van der Waals surface area contributed by atoms with Crippen molar-refractivity contribution in [2.75, 3.05) is 27.2 Å². The summed E-state index contributed by atoms with van der Waals surface area (Å²) < 4.78 is 7.40. The molecule has 0 fully saturated rings. The maximum absolute atomic E-state index is 10.3. The van der Waals surface area contributed by atoms with E-state index in [1.165, 1.54) is 6.21 Å². The summed E-state index contributed by atoms with van der Waals surface area (Å²) in [6, 6.07) is 0.140. The van der Waals surface area contributed by atoms with Crippen molar-refractivity contribution in [1.82, 2.24) is 14.5 Å². The van der Waals surface area contributed by atoms with Crippen molar-refractivity contribution in [1.29, 1.82) is 5.41 Å². The second-order valence-corrected chi connectivity index (χ2v) is 5.94. The summed E-state index contributed by atoms with van der Waals surface area (Å²) in [6.45, 7) is 3.04. The van der Waals surface area contributed by atoms with Crippen molar-refractivity contribution < 1.29 is 9.84 Å². The summed E-state index contributed by atoms with van der Waals surface area (Å²) in [5.41, 5.74) is 2.23. The Kier molecular flexibility index (Phi) is 5.86. The van der Waals surface area contributed by atoms with E-state index in [0.29, 0.717) is 18.7 Å². The molecular formula is C16H24N6O2. The molecule has 0 saturated carbocycles. The minimum absolute atomic E-state index is 0.0846. The molecule has 0 saturated heterocycles. The minimum atomic E-state index is -0.453. The molecule has 1 unspecified atom stereocenters. The summed E-state index contributed by atoms with van der Waals surface area (Å²) in [7, 11) is 5.79. The quantitative estimate of drug-likeness (QED) is 0.775. The van der Waals surface area contributed by atoms with Crippen LogP contribution < -0.4 is 0 Å². The van der Waals surface area contributed by atoms with E-state index in [4.69, 9.17) is 10.1 Å². The largest absolute Gasteiger partial charge is 0.496 e. The Morgan fingerprint density at radius 2 is 2.21 bits per heavy atom. The zero-order valence-corrected chi connectivity index (χ0v) is 14.5. The molecule has 8 nitrogen and oxygen atoms in total. The second-order valence-electron chi connectivity index (χ2n) is 5.94.